The van der Waals surface area contributed by atoms with Crippen LogP contribution in [0.4, 0.5) is 0 Å². The highest BCUT2D eigenvalue weighted by Gasteiger charge is 2.55. The molecule has 0 amide bonds. The number of carboxylic acid groups (broad SMARTS) is 1. The Morgan fingerprint density at radius 1 is 0.636 bits per heavy atom. The number of aliphatic hydroxyl groups excluding tert-OH is 9. The van der Waals surface area contributed by atoms with Gasteiger partial charge in [0.25, 0.3) is 0 Å². The van der Waals surface area contributed by atoms with Crippen molar-refractivity contribution in [1.82, 2.24) is 0 Å². The molecule has 192 valence electrons. The fourth-order valence-electron chi connectivity index (χ4n) is 3.81. The summed E-state index contributed by atoms with van der Waals surface area (Å²) in [6.07, 6.45) is -24.8. The number of carboxylic acids is 1. The highest BCUT2D eigenvalue weighted by Crippen LogP contribution is 2.32. The van der Waals surface area contributed by atoms with Crippen LogP contribution in [-0.4, -0.2) is 156 Å². The number of aliphatic hydroxyl groups is 9. The van der Waals surface area contributed by atoms with Crippen LogP contribution in [0.5, 0.6) is 0 Å². The van der Waals surface area contributed by atoms with E-state index < -0.39 is 105 Å². The number of ether oxygens (including phenoxy) is 5. The molecule has 1 unspecified atom stereocenters. The van der Waals surface area contributed by atoms with Gasteiger partial charge in [-0.15, -0.1) is 0 Å². The maximum atomic E-state index is 11.6. The summed E-state index contributed by atoms with van der Waals surface area (Å²) < 4.78 is 25.8. The first-order chi connectivity index (χ1) is 15.5. The molecule has 16 heteroatoms. The number of rotatable bonds is 7. The van der Waals surface area contributed by atoms with E-state index in [1.54, 1.807) is 0 Å². The lowest BCUT2D eigenvalue weighted by molar-refractivity contribution is -0.367. The third-order valence-electron chi connectivity index (χ3n) is 5.71. The van der Waals surface area contributed by atoms with Crippen LogP contribution in [0.25, 0.3) is 0 Å². The molecule has 3 saturated heterocycles. The molecule has 0 aromatic rings. The minimum absolute atomic E-state index is 0.703. The molecule has 0 spiro atoms. The number of aliphatic carboxylic acids is 1. The molecule has 0 radical (unpaired) electrons. The van der Waals surface area contributed by atoms with Crippen molar-refractivity contribution < 1.29 is 79.5 Å². The molecular weight excluding hydrogens is 460 g/mol. The van der Waals surface area contributed by atoms with Gasteiger partial charge in [0, 0.05) is 0 Å². The average molecular weight is 488 g/mol. The second-order valence-electron chi connectivity index (χ2n) is 7.88. The minimum atomic E-state index is -2.11. The van der Waals surface area contributed by atoms with E-state index in [1.807, 2.05) is 0 Å². The Labute approximate surface area is 185 Å². The summed E-state index contributed by atoms with van der Waals surface area (Å²) in [5.41, 5.74) is 0. The Balaban J connectivity index is 1.77. The zero-order valence-corrected chi connectivity index (χ0v) is 16.9. The van der Waals surface area contributed by atoms with Gasteiger partial charge in [-0.1, -0.05) is 0 Å². The van der Waals surface area contributed by atoms with Gasteiger partial charge in [-0.25, -0.2) is 4.79 Å². The second-order valence-corrected chi connectivity index (χ2v) is 7.88. The monoisotopic (exact) mass is 488 g/mol. The van der Waals surface area contributed by atoms with E-state index in [2.05, 4.69) is 0 Å². The Hall–Kier alpha value is -1.09. The Morgan fingerprint density at radius 2 is 1.09 bits per heavy atom. The summed E-state index contributed by atoms with van der Waals surface area (Å²) >= 11 is 0. The predicted molar refractivity (Wildman–Crippen MR) is 95.8 cm³/mol. The van der Waals surface area contributed by atoms with Crippen LogP contribution in [0.3, 0.4) is 0 Å². The summed E-state index contributed by atoms with van der Waals surface area (Å²) in [7, 11) is 0. The predicted octanol–water partition coefficient (Wildman–Crippen LogP) is -6.84. The van der Waals surface area contributed by atoms with Gasteiger partial charge in [0.05, 0.1) is 13.2 Å². The van der Waals surface area contributed by atoms with E-state index in [9.17, 15) is 50.8 Å². The van der Waals surface area contributed by atoms with Gasteiger partial charge in [-0.05, 0) is 0 Å². The third kappa shape index (κ3) is 5.14. The van der Waals surface area contributed by atoms with Crippen LogP contribution in [-0.2, 0) is 28.5 Å². The first-order valence-electron chi connectivity index (χ1n) is 10.00. The summed E-state index contributed by atoms with van der Waals surface area (Å²) in [6.45, 7) is -1.49. The van der Waals surface area contributed by atoms with Crippen molar-refractivity contribution in [1.29, 1.82) is 0 Å². The molecular formula is C17H28O16. The highest BCUT2D eigenvalue weighted by molar-refractivity contribution is 5.73. The van der Waals surface area contributed by atoms with E-state index in [0.29, 0.717) is 0 Å². The number of hydrogen-bond acceptors (Lipinski definition) is 15. The normalized spacial score (nSPS) is 50.9. The fourth-order valence-corrected chi connectivity index (χ4v) is 3.81. The summed E-state index contributed by atoms with van der Waals surface area (Å²) in [5, 5.41) is 98.4. The van der Waals surface area contributed by atoms with Gasteiger partial charge >= 0.3 is 5.97 Å². The van der Waals surface area contributed by atoms with Crippen molar-refractivity contribution in [2.75, 3.05) is 13.2 Å². The maximum absolute atomic E-state index is 11.6. The molecule has 0 aromatic carbocycles. The SMILES string of the molecule is O=C(O)[C@H]1OC(O)[C@H](O[C@@H]2O[C@H](CO)[C@H](O)[C@H](O)[C@H]2O)[C@@H](O)[C@@H]1O[C@@H]1O[C@@H](CO)[C@H](O)[C@H]1O. The molecule has 0 bridgehead atoms. The van der Waals surface area contributed by atoms with Gasteiger partial charge in [0.15, 0.2) is 25.0 Å². The highest BCUT2D eigenvalue weighted by atomic mass is 16.8. The van der Waals surface area contributed by atoms with E-state index in [4.69, 9.17) is 28.8 Å². The van der Waals surface area contributed by atoms with E-state index in [-0.39, 0.29) is 0 Å². The Bertz CT molecular complexity index is 663. The van der Waals surface area contributed by atoms with Crippen molar-refractivity contribution >= 4 is 5.97 Å². The quantitative estimate of drug-likeness (QED) is 0.159. The molecule has 3 rings (SSSR count). The third-order valence-corrected chi connectivity index (χ3v) is 5.71. The molecule has 33 heavy (non-hydrogen) atoms. The lowest BCUT2D eigenvalue weighted by atomic mass is 9.97. The minimum Gasteiger partial charge on any atom is -0.479 e. The van der Waals surface area contributed by atoms with Crippen molar-refractivity contribution in [3.05, 3.63) is 0 Å². The van der Waals surface area contributed by atoms with Gasteiger partial charge < -0.3 is 74.7 Å². The summed E-state index contributed by atoms with van der Waals surface area (Å²) in [5.74, 6) is -1.68. The van der Waals surface area contributed by atoms with Crippen molar-refractivity contribution in [3.63, 3.8) is 0 Å². The Kier molecular flexibility index (Phi) is 8.57. The van der Waals surface area contributed by atoms with Gasteiger partial charge in [0.2, 0.25) is 0 Å². The Morgan fingerprint density at radius 3 is 1.58 bits per heavy atom. The smallest absolute Gasteiger partial charge is 0.335 e. The van der Waals surface area contributed by atoms with Crippen LogP contribution >= 0.6 is 0 Å². The van der Waals surface area contributed by atoms with Gasteiger partial charge in [0.1, 0.15) is 61.0 Å². The summed E-state index contributed by atoms with van der Waals surface area (Å²) in [6, 6.07) is 0. The van der Waals surface area contributed by atoms with Crippen LogP contribution in [0.15, 0.2) is 0 Å². The number of carbonyl (C=O) groups is 1. The largest absolute Gasteiger partial charge is 0.479 e. The van der Waals surface area contributed by atoms with E-state index in [1.165, 1.54) is 0 Å². The molecule has 3 aliphatic heterocycles. The molecule has 3 heterocycles. The molecule has 10 N–H and O–H groups in total. The van der Waals surface area contributed by atoms with Crippen molar-refractivity contribution in [3.8, 4) is 0 Å². The van der Waals surface area contributed by atoms with Crippen molar-refractivity contribution in [2.24, 2.45) is 0 Å². The van der Waals surface area contributed by atoms with Crippen LogP contribution in [0.1, 0.15) is 0 Å². The molecule has 14 atom stereocenters. The van der Waals surface area contributed by atoms with Crippen molar-refractivity contribution in [2.45, 2.75) is 86.0 Å². The zero-order chi connectivity index (χ0) is 24.6. The van der Waals surface area contributed by atoms with Crippen LogP contribution in [0.2, 0.25) is 0 Å². The first kappa shape index (κ1) is 26.5. The fraction of sp³-hybridized carbons (Fsp3) is 0.941. The maximum Gasteiger partial charge on any atom is 0.335 e. The standard InChI is InChI=1S/C17H28O16/c18-1-3-5(20)7(22)9(24)17(29-3)33-12-10(25)11(13(14(26)27)31-15(12)28)32-16-8(23)6(21)4(2-19)30-16/h3-13,15-25,28H,1-2H2,(H,26,27)/t3-,4+,5+,6+,7+,8-,9-,10+,11+,12-,13+,15?,16+,17+/m1/s1. The first-order valence-corrected chi connectivity index (χ1v) is 10.00. The van der Waals surface area contributed by atoms with Gasteiger partial charge in [-0.2, -0.15) is 0 Å². The average Bonchev–Trinajstić information content (AvgIpc) is 3.05. The molecule has 3 fully saturated rings. The molecule has 16 nitrogen and oxygen atoms in total. The zero-order valence-electron chi connectivity index (χ0n) is 16.9. The van der Waals surface area contributed by atoms with Crippen LogP contribution in [0, 0.1) is 0 Å². The van der Waals surface area contributed by atoms with Gasteiger partial charge in [-0.3, -0.25) is 0 Å². The molecule has 0 aliphatic carbocycles. The molecule has 0 saturated carbocycles. The number of hydrogen-bond donors (Lipinski definition) is 10. The van der Waals surface area contributed by atoms with E-state index >= 15 is 0 Å². The topological polar surface area (TPSA) is 266 Å². The molecule has 0 aromatic heterocycles. The lowest BCUT2D eigenvalue weighted by Crippen LogP contribution is -2.65. The summed E-state index contributed by atoms with van der Waals surface area (Å²) in [4.78, 5) is 11.6. The molecule has 3 aliphatic rings. The second kappa shape index (κ2) is 10.7. The van der Waals surface area contributed by atoms with Crippen LogP contribution < -0.4 is 0 Å². The van der Waals surface area contributed by atoms with E-state index in [0.717, 1.165) is 0 Å². The lowest BCUT2D eigenvalue weighted by Gasteiger charge is -2.45.